The second kappa shape index (κ2) is 6.42. The molecular formula is C15H17F3N4O2. The molecule has 9 heteroatoms. The van der Waals surface area contributed by atoms with Crippen LogP contribution in [0.1, 0.15) is 18.5 Å². The molecule has 0 aliphatic rings. The number of halogens is 3. The van der Waals surface area contributed by atoms with Crippen molar-refractivity contribution in [3.8, 4) is 5.69 Å². The SMILES string of the molecule is CC(CNC(=O)C(F)(F)F)c1c(N)c(=O)n(-c2ccccc2)n1C. The molecule has 6 nitrogen and oxygen atoms in total. The van der Waals surface area contributed by atoms with Gasteiger partial charge >= 0.3 is 12.1 Å². The molecule has 1 atom stereocenters. The molecule has 24 heavy (non-hydrogen) atoms. The molecule has 130 valence electrons. The predicted octanol–water partition coefficient (Wildman–Crippen LogP) is 1.54. The third kappa shape index (κ3) is 3.29. The van der Waals surface area contributed by atoms with E-state index in [9.17, 15) is 22.8 Å². The molecule has 2 rings (SSSR count). The fraction of sp³-hybridized carbons (Fsp3) is 0.333. The Morgan fingerprint density at radius 2 is 1.88 bits per heavy atom. The average Bonchev–Trinajstić information content (AvgIpc) is 2.74. The maximum absolute atomic E-state index is 12.4. The summed E-state index contributed by atoms with van der Waals surface area (Å²) < 4.78 is 39.6. The minimum absolute atomic E-state index is 0.0601. The molecule has 1 aromatic carbocycles. The minimum atomic E-state index is -4.95. The van der Waals surface area contributed by atoms with Gasteiger partial charge in [-0.25, -0.2) is 4.68 Å². The van der Waals surface area contributed by atoms with Gasteiger partial charge in [0.15, 0.2) is 0 Å². The number of rotatable bonds is 4. The topological polar surface area (TPSA) is 82.1 Å². The highest BCUT2D eigenvalue weighted by Gasteiger charge is 2.38. The lowest BCUT2D eigenvalue weighted by molar-refractivity contribution is -0.173. The number of anilines is 1. The highest BCUT2D eigenvalue weighted by atomic mass is 19.4. The second-order valence-corrected chi connectivity index (χ2v) is 5.38. The Balaban J connectivity index is 2.32. The fourth-order valence-corrected chi connectivity index (χ4v) is 2.53. The van der Waals surface area contributed by atoms with Crippen LogP contribution in [0.5, 0.6) is 0 Å². The van der Waals surface area contributed by atoms with Crippen molar-refractivity contribution < 1.29 is 18.0 Å². The van der Waals surface area contributed by atoms with Crippen molar-refractivity contribution in [3.63, 3.8) is 0 Å². The van der Waals surface area contributed by atoms with Crippen molar-refractivity contribution >= 4 is 11.6 Å². The summed E-state index contributed by atoms with van der Waals surface area (Å²) in [6.45, 7) is 1.28. The van der Waals surface area contributed by atoms with Crippen LogP contribution >= 0.6 is 0 Å². The Hall–Kier alpha value is -2.71. The number of nitrogens with zero attached hydrogens (tertiary/aromatic N) is 2. The Bertz CT molecular complexity index is 794. The van der Waals surface area contributed by atoms with Gasteiger partial charge in [-0.3, -0.25) is 14.3 Å². The van der Waals surface area contributed by atoms with Gasteiger partial charge in [0, 0.05) is 19.5 Å². The lowest BCUT2D eigenvalue weighted by Crippen LogP contribution is -2.38. The Labute approximate surface area is 135 Å². The summed E-state index contributed by atoms with van der Waals surface area (Å²) in [5, 5.41) is 1.80. The molecule has 0 aliphatic carbocycles. The van der Waals surface area contributed by atoms with Crippen LogP contribution in [-0.2, 0) is 11.8 Å². The van der Waals surface area contributed by atoms with Crippen LogP contribution in [0.15, 0.2) is 35.1 Å². The second-order valence-electron chi connectivity index (χ2n) is 5.38. The molecule has 1 heterocycles. The minimum Gasteiger partial charge on any atom is -0.393 e. The number of hydrogen-bond donors (Lipinski definition) is 2. The van der Waals surface area contributed by atoms with Crippen molar-refractivity contribution in [1.29, 1.82) is 0 Å². The number of carbonyl (C=O) groups is 1. The van der Waals surface area contributed by atoms with Crippen LogP contribution in [0.4, 0.5) is 18.9 Å². The van der Waals surface area contributed by atoms with Gasteiger partial charge in [-0.2, -0.15) is 13.2 Å². The maximum Gasteiger partial charge on any atom is 0.471 e. The number of benzene rings is 1. The predicted molar refractivity (Wildman–Crippen MR) is 82.9 cm³/mol. The third-order valence-corrected chi connectivity index (χ3v) is 3.64. The van der Waals surface area contributed by atoms with Gasteiger partial charge in [-0.1, -0.05) is 25.1 Å². The zero-order valence-corrected chi connectivity index (χ0v) is 13.1. The molecule has 0 spiro atoms. The maximum atomic E-state index is 12.4. The quantitative estimate of drug-likeness (QED) is 0.884. The number of nitrogens with two attached hydrogens (primary N) is 1. The van der Waals surface area contributed by atoms with E-state index in [0.717, 1.165) is 0 Å². The first-order valence-electron chi connectivity index (χ1n) is 7.12. The van der Waals surface area contributed by atoms with Crippen molar-refractivity contribution in [2.24, 2.45) is 7.05 Å². The Morgan fingerprint density at radius 1 is 1.29 bits per heavy atom. The molecule has 0 fully saturated rings. The standard InChI is InChI=1S/C15H17F3N4O2/c1-9(8-20-14(24)15(16,17)18)12-11(19)13(23)22(21(12)2)10-6-4-3-5-7-10/h3-7,9H,8,19H2,1-2H3,(H,20,24). The molecule has 0 bridgehead atoms. The molecule has 1 aromatic heterocycles. The van der Waals surface area contributed by atoms with Crippen molar-refractivity contribution in [3.05, 3.63) is 46.4 Å². The molecule has 2 aromatic rings. The smallest absolute Gasteiger partial charge is 0.393 e. The van der Waals surface area contributed by atoms with Crippen molar-refractivity contribution in [1.82, 2.24) is 14.7 Å². The van der Waals surface area contributed by atoms with Crippen LogP contribution in [-0.4, -0.2) is 28.0 Å². The van der Waals surface area contributed by atoms with Gasteiger partial charge in [0.25, 0.3) is 5.56 Å². The molecule has 3 N–H and O–H groups in total. The summed E-state index contributed by atoms with van der Waals surface area (Å²) in [4.78, 5) is 23.3. The van der Waals surface area contributed by atoms with Gasteiger partial charge < -0.3 is 11.1 Å². The lowest BCUT2D eigenvalue weighted by atomic mass is 10.1. The average molecular weight is 342 g/mol. The van der Waals surface area contributed by atoms with Gasteiger partial charge in [0.05, 0.1) is 11.4 Å². The number of aromatic nitrogens is 2. The van der Waals surface area contributed by atoms with E-state index in [-0.39, 0.29) is 12.2 Å². The van der Waals surface area contributed by atoms with E-state index in [2.05, 4.69) is 0 Å². The number of para-hydroxylation sites is 1. The van der Waals surface area contributed by atoms with E-state index in [1.165, 1.54) is 9.36 Å². The third-order valence-electron chi connectivity index (χ3n) is 3.64. The first-order valence-corrected chi connectivity index (χ1v) is 7.12. The lowest BCUT2D eigenvalue weighted by Gasteiger charge is -2.16. The van der Waals surface area contributed by atoms with E-state index in [1.807, 2.05) is 0 Å². The van der Waals surface area contributed by atoms with Crippen LogP contribution < -0.4 is 16.6 Å². The zero-order valence-electron chi connectivity index (χ0n) is 13.1. The summed E-state index contributed by atoms with van der Waals surface area (Å²) in [6.07, 6.45) is -4.95. The summed E-state index contributed by atoms with van der Waals surface area (Å²) in [6, 6.07) is 8.70. The number of carbonyl (C=O) groups excluding carboxylic acids is 1. The Morgan fingerprint density at radius 3 is 2.42 bits per heavy atom. The fourth-order valence-electron chi connectivity index (χ4n) is 2.53. The largest absolute Gasteiger partial charge is 0.471 e. The van der Waals surface area contributed by atoms with E-state index in [4.69, 9.17) is 5.73 Å². The van der Waals surface area contributed by atoms with Crippen molar-refractivity contribution in [2.75, 3.05) is 12.3 Å². The van der Waals surface area contributed by atoms with Gasteiger partial charge in [0.2, 0.25) is 0 Å². The van der Waals surface area contributed by atoms with Crippen LogP contribution in [0.3, 0.4) is 0 Å². The summed E-state index contributed by atoms with van der Waals surface area (Å²) in [5.74, 6) is -2.61. The van der Waals surface area contributed by atoms with E-state index < -0.39 is 23.6 Å². The summed E-state index contributed by atoms with van der Waals surface area (Å²) >= 11 is 0. The normalized spacial score (nSPS) is 12.9. The van der Waals surface area contributed by atoms with Gasteiger partial charge in [0.1, 0.15) is 5.69 Å². The molecule has 0 aliphatic heterocycles. The molecule has 0 saturated heterocycles. The molecule has 0 saturated carbocycles. The first-order chi connectivity index (χ1) is 11.1. The van der Waals surface area contributed by atoms with E-state index in [0.29, 0.717) is 11.4 Å². The molecule has 1 amide bonds. The number of alkyl halides is 3. The van der Waals surface area contributed by atoms with Crippen LogP contribution in [0.25, 0.3) is 5.69 Å². The Kier molecular flexibility index (Phi) is 4.72. The number of nitrogen functional groups attached to an aromatic ring is 1. The number of nitrogens with one attached hydrogen (secondary N) is 1. The molecular weight excluding hydrogens is 325 g/mol. The molecule has 0 radical (unpaired) electrons. The van der Waals surface area contributed by atoms with Gasteiger partial charge in [-0.15, -0.1) is 0 Å². The summed E-state index contributed by atoms with van der Waals surface area (Å²) in [7, 11) is 1.59. The van der Waals surface area contributed by atoms with Crippen LogP contribution in [0.2, 0.25) is 0 Å². The molecule has 1 unspecified atom stereocenters. The van der Waals surface area contributed by atoms with E-state index in [1.54, 1.807) is 49.6 Å². The van der Waals surface area contributed by atoms with Crippen molar-refractivity contribution in [2.45, 2.75) is 19.0 Å². The number of hydrogen-bond acceptors (Lipinski definition) is 3. The zero-order chi connectivity index (χ0) is 18.1. The monoisotopic (exact) mass is 342 g/mol. The highest BCUT2D eigenvalue weighted by molar-refractivity contribution is 5.81. The summed E-state index contributed by atoms with van der Waals surface area (Å²) in [5.41, 5.74) is 6.25. The number of amides is 1. The first kappa shape index (κ1) is 17.6. The van der Waals surface area contributed by atoms with Crippen LogP contribution in [0, 0.1) is 0 Å². The highest BCUT2D eigenvalue weighted by Crippen LogP contribution is 2.21. The van der Waals surface area contributed by atoms with Gasteiger partial charge in [-0.05, 0) is 12.1 Å². The van der Waals surface area contributed by atoms with E-state index >= 15 is 0 Å².